The van der Waals surface area contributed by atoms with Crippen LogP contribution in [0.25, 0.3) is 10.9 Å². The van der Waals surface area contributed by atoms with Crippen molar-refractivity contribution in [3.8, 4) is 0 Å². The van der Waals surface area contributed by atoms with E-state index in [-0.39, 0.29) is 58.0 Å². The van der Waals surface area contributed by atoms with Gasteiger partial charge in [-0.3, -0.25) is 9.88 Å². The molecule has 1 aliphatic heterocycles. The third kappa shape index (κ3) is 9.51. The number of aromatic nitrogens is 3. The minimum Gasteiger partial charge on any atom is -0.444 e. The van der Waals surface area contributed by atoms with Crippen molar-refractivity contribution in [1.82, 2.24) is 19.9 Å². The van der Waals surface area contributed by atoms with Crippen molar-refractivity contribution in [2.24, 2.45) is 0 Å². The third-order valence-corrected chi connectivity index (χ3v) is 17.3. The van der Waals surface area contributed by atoms with Crippen molar-refractivity contribution in [3.05, 3.63) is 118 Å². The molecule has 1 amide bonds. The Morgan fingerprint density at radius 1 is 0.949 bits per heavy atom. The number of carbonyl (C=O) groups excluding carboxylic acids is 1. The van der Waals surface area contributed by atoms with E-state index in [0.29, 0.717) is 0 Å². The van der Waals surface area contributed by atoms with Gasteiger partial charge < -0.3 is 19.0 Å². The van der Waals surface area contributed by atoms with Crippen molar-refractivity contribution >= 4 is 64.9 Å². The zero-order valence-corrected chi connectivity index (χ0v) is 37.1. The number of thioether (sulfide) groups is 1. The minimum atomic E-state index is -4.82. The first-order valence-electron chi connectivity index (χ1n) is 19.6. The summed E-state index contributed by atoms with van der Waals surface area (Å²) in [5.41, 5.74) is -1.51. The summed E-state index contributed by atoms with van der Waals surface area (Å²) < 4.78 is 57.6. The maximum Gasteiger partial charge on any atom is 0.417 e. The summed E-state index contributed by atoms with van der Waals surface area (Å²) in [7, 11) is -3.01. The molecule has 15 heteroatoms. The van der Waals surface area contributed by atoms with Gasteiger partial charge in [-0.15, -0.1) is 11.8 Å². The second kappa shape index (κ2) is 17.3. The number of halogens is 4. The summed E-state index contributed by atoms with van der Waals surface area (Å²) in [6, 6.07) is 24.3. The number of piperazine rings is 1. The Morgan fingerprint density at radius 3 is 2.05 bits per heavy atom. The van der Waals surface area contributed by atoms with Gasteiger partial charge in [0.1, 0.15) is 11.4 Å². The summed E-state index contributed by atoms with van der Waals surface area (Å²) in [6.07, 6.45) is -1.90. The Bertz CT molecular complexity index is 2260. The number of rotatable bonds is 10. The molecule has 314 valence electrons. The molecule has 0 aliphatic carbocycles. The number of nitrogens with one attached hydrogen (secondary N) is 1. The van der Waals surface area contributed by atoms with Gasteiger partial charge in [0.15, 0.2) is 0 Å². The van der Waals surface area contributed by atoms with Crippen molar-refractivity contribution in [2.75, 3.05) is 30.3 Å². The molecule has 59 heavy (non-hydrogen) atoms. The van der Waals surface area contributed by atoms with E-state index < -0.39 is 54.5 Å². The number of ether oxygens (including phenoxy) is 1. The maximum absolute atomic E-state index is 14.9. The van der Waals surface area contributed by atoms with Crippen LogP contribution in [0.4, 0.5) is 23.8 Å². The lowest BCUT2D eigenvalue weighted by Crippen LogP contribution is -2.66. The fourth-order valence-corrected chi connectivity index (χ4v) is 14.2. The van der Waals surface area contributed by atoms with Crippen LogP contribution < -0.4 is 21.0 Å². The number of alkyl halides is 3. The molecule has 3 aromatic carbocycles. The normalized spacial score (nSPS) is 17.3. The SMILES string of the molecule is CC1CN(c2nc(=O)[nH]c3c(SCC(CO[Si](c4ccccc4)(c4ccccc4)C(C)(C)C)c4cccnc4)c(Cl)c(C(F)(F)F)cc23)C[C@@H](C)N1C(=O)OC(C)(C)C. The molecule has 1 aliphatic rings. The van der Waals surface area contributed by atoms with Crippen molar-refractivity contribution in [1.29, 1.82) is 0 Å². The van der Waals surface area contributed by atoms with Gasteiger partial charge in [-0.2, -0.15) is 18.2 Å². The average Bonchev–Trinajstić information content (AvgIpc) is 3.15. The highest BCUT2D eigenvalue weighted by Gasteiger charge is 2.50. The fourth-order valence-electron chi connectivity index (χ4n) is 8.01. The molecule has 1 fully saturated rings. The number of carbonyl (C=O) groups is 1. The average molecular weight is 867 g/mol. The molecule has 2 unspecified atom stereocenters. The van der Waals surface area contributed by atoms with Crippen molar-refractivity contribution in [2.45, 2.75) is 95.1 Å². The van der Waals surface area contributed by atoms with Gasteiger partial charge >= 0.3 is 18.0 Å². The Hall–Kier alpha value is -4.37. The summed E-state index contributed by atoms with van der Waals surface area (Å²) in [4.78, 5) is 41.3. The molecule has 2 aromatic heterocycles. The Kier molecular flexibility index (Phi) is 13.0. The van der Waals surface area contributed by atoms with Gasteiger partial charge in [-0.1, -0.05) is 99.1 Å². The predicted octanol–water partition coefficient (Wildman–Crippen LogP) is 9.28. The number of H-pyrrole nitrogens is 1. The van der Waals surface area contributed by atoms with Crippen LogP contribution in [0.3, 0.4) is 0 Å². The number of hydrogen-bond donors (Lipinski definition) is 1. The van der Waals surface area contributed by atoms with Crippen LogP contribution in [0.15, 0.2) is 101 Å². The van der Waals surface area contributed by atoms with E-state index in [1.54, 1.807) is 43.0 Å². The van der Waals surface area contributed by atoms with Gasteiger partial charge in [0, 0.05) is 49.1 Å². The topological polar surface area (TPSA) is 101 Å². The monoisotopic (exact) mass is 865 g/mol. The number of fused-ring (bicyclic) bond motifs is 1. The highest BCUT2D eigenvalue weighted by molar-refractivity contribution is 7.99. The lowest BCUT2D eigenvalue weighted by Gasteiger charge is -2.45. The summed E-state index contributed by atoms with van der Waals surface area (Å²) in [5, 5.41) is 1.44. The fraction of sp³-hybridized carbons (Fsp3) is 0.409. The van der Waals surface area contributed by atoms with E-state index in [1.165, 1.54) is 0 Å². The number of nitrogens with zero attached hydrogens (tertiary/aromatic N) is 4. The first-order chi connectivity index (χ1) is 27.7. The molecule has 9 nitrogen and oxygen atoms in total. The lowest BCUT2D eigenvalue weighted by molar-refractivity contribution is -0.137. The third-order valence-electron chi connectivity index (χ3n) is 10.5. The highest BCUT2D eigenvalue weighted by atomic mass is 35.5. The molecule has 0 spiro atoms. The van der Waals surface area contributed by atoms with Crippen LogP contribution >= 0.6 is 23.4 Å². The summed E-state index contributed by atoms with van der Waals surface area (Å²) in [6.45, 7) is 16.2. The van der Waals surface area contributed by atoms with E-state index in [4.69, 9.17) is 20.8 Å². The zero-order chi connectivity index (χ0) is 42.9. The van der Waals surface area contributed by atoms with Crippen LogP contribution in [0.1, 0.15) is 72.4 Å². The molecular formula is C44H51ClF3N5O4SSi. The van der Waals surface area contributed by atoms with E-state index >= 15 is 0 Å². The van der Waals surface area contributed by atoms with Crippen molar-refractivity contribution < 1.29 is 27.1 Å². The van der Waals surface area contributed by atoms with E-state index in [1.807, 2.05) is 62.4 Å². The molecule has 1 N–H and O–H groups in total. The van der Waals surface area contributed by atoms with Crippen molar-refractivity contribution in [3.63, 3.8) is 0 Å². The summed E-state index contributed by atoms with van der Waals surface area (Å²) >= 11 is 7.85. The predicted molar refractivity (Wildman–Crippen MR) is 233 cm³/mol. The molecule has 6 rings (SSSR count). The molecule has 3 atom stereocenters. The molecule has 0 radical (unpaired) electrons. The van der Waals surface area contributed by atoms with Gasteiger partial charge in [0.05, 0.1) is 33.1 Å². The molecule has 1 saturated heterocycles. The largest absolute Gasteiger partial charge is 0.444 e. The van der Waals surface area contributed by atoms with Crippen LogP contribution in [0, 0.1) is 0 Å². The molecule has 3 heterocycles. The van der Waals surface area contributed by atoms with Crippen LogP contribution in [-0.2, 0) is 15.3 Å². The summed E-state index contributed by atoms with van der Waals surface area (Å²) in [5.74, 6) is -0.0386. The van der Waals surface area contributed by atoms with E-state index in [2.05, 4.69) is 60.0 Å². The van der Waals surface area contributed by atoms with Gasteiger partial charge in [-0.05, 0) is 67.7 Å². The molecule has 5 aromatic rings. The Labute approximate surface area is 353 Å². The standard InChI is InChI=1S/C44H51ClF3N5O4SSi/c1-28-24-52(25-29(2)53(28)41(55)57-42(3,4)5)39-34-22-35(44(46,47)48)36(45)38(37(34)50-40(54)51-39)58-27-31(30-16-15-21-49-23-30)26-56-59(43(6,7)8,32-17-11-9-12-18-32)33-19-13-10-14-20-33/h9-23,28-29,31H,24-27H2,1-8H3,(H,50,51,54)/t28-,29?,31?/m1/s1. The number of amides is 1. The Morgan fingerprint density at radius 2 is 1.54 bits per heavy atom. The van der Waals surface area contributed by atoms with Crippen LogP contribution in [-0.4, -0.2) is 77.4 Å². The number of anilines is 1. The minimum absolute atomic E-state index is 0.0741. The molecule has 0 bridgehead atoms. The van der Waals surface area contributed by atoms with Gasteiger partial charge in [0.25, 0.3) is 8.32 Å². The highest BCUT2D eigenvalue weighted by Crippen LogP contribution is 2.46. The first-order valence-corrected chi connectivity index (χ1v) is 22.9. The van der Waals surface area contributed by atoms with Crippen LogP contribution in [0.2, 0.25) is 10.1 Å². The Balaban J connectivity index is 1.41. The van der Waals surface area contributed by atoms with Gasteiger partial charge in [-0.25, -0.2) is 9.59 Å². The molecular weight excluding hydrogens is 815 g/mol. The number of benzene rings is 3. The second-order valence-corrected chi connectivity index (χ2v) is 22.8. The van der Waals surface area contributed by atoms with E-state index in [9.17, 15) is 22.8 Å². The molecule has 0 saturated carbocycles. The smallest absolute Gasteiger partial charge is 0.417 e. The second-order valence-electron chi connectivity index (χ2n) is 17.1. The quantitative estimate of drug-likeness (QED) is 0.110. The lowest BCUT2D eigenvalue weighted by atomic mass is 10.0. The number of aromatic amines is 1. The van der Waals surface area contributed by atoms with Gasteiger partial charge in [0.2, 0.25) is 0 Å². The van der Waals surface area contributed by atoms with Crippen LogP contribution in [0.5, 0.6) is 0 Å². The number of pyridine rings is 1. The number of hydrogen-bond acceptors (Lipinski definition) is 8. The maximum atomic E-state index is 14.9. The zero-order valence-electron chi connectivity index (χ0n) is 34.6. The first kappa shape index (κ1) is 44.2. The van der Waals surface area contributed by atoms with E-state index in [0.717, 1.165) is 33.8 Å².